The van der Waals surface area contributed by atoms with Crippen molar-refractivity contribution in [3.63, 3.8) is 0 Å². The Labute approximate surface area is 132 Å². The summed E-state index contributed by atoms with van der Waals surface area (Å²) >= 11 is 1.98. The Morgan fingerprint density at radius 1 is 0.952 bits per heavy atom. The van der Waals surface area contributed by atoms with Crippen molar-refractivity contribution in [1.29, 1.82) is 0 Å². The fourth-order valence-corrected chi connectivity index (χ4v) is 4.79. The van der Waals surface area contributed by atoms with E-state index in [-0.39, 0.29) is 0 Å². The van der Waals surface area contributed by atoms with Gasteiger partial charge in [0.25, 0.3) is 0 Å². The van der Waals surface area contributed by atoms with Crippen LogP contribution >= 0.6 is 11.8 Å². The maximum absolute atomic E-state index is 9.34. The van der Waals surface area contributed by atoms with Crippen molar-refractivity contribution in [3.05, 3.63) is 24.3 Å². The van der Waals surface area contributed by atoms with Gasteiger partial charge >= 0.3 is 0 Å². The van der Waals surface area contributed by atoms with Gasteiger partial charge in [-0.05, 0) is 69.0 Å². The molecule has 1 aromatic carbocycles. The second-order valence-corrected chi connectivity index (χ2v) is 7.99. The van der Waals surface area contributed by atoms with Crippen molar-refractivity contribution in [3.8, 4) is 5.75 Å². The Bertz CT molecular complexity index is 419. The molecule has 3 rings (SSSR count). The summed E-state index contributed by atoms with van der Waals surface area (Å²) < 4.78 is 0. The third-order valence-corrected chi connectivity index (χ3v) is 6.26. The molecule has 1 saturated carbocycles. The lowest BCUT2D eigenvalue weighted by molar-refractivity contribution is 0.176. The van der Waals surface area contributed by atoms with Crippen LogP contribution in [0.3, 0.4) is 0 Å². The minimum absolute atomic E-state index is 0.363. The van der Waals surface area contributed by atoms with Crippen LogP contribution in [0.5, 0.6) is 5.75 Å². The van der Waals surface area contributed by atoms with E-state index in [0.29, 0.717) is 5.75 Å². The van der Waals surface area contributed by atoms with Crippen LogP contribution in [0.4, 0.5) is 0 Å². The first kappa shape index (κ1) is 15.2. The maximum Gasteiger partial charge on any atom is 0.115 e. The van der Waals surface area contributed by atoms with Gasteiger partial charge in [0, 0.05) is 16.7 Å². The van der Waals surface area contributed by atoms with Crippen LogP contribution in [0.2, 0.25) is 0 Å². The van der Waals surface area contributed by atoms with Crippen LogP contribution in [0.15, 0.2) is 29.2 Å². The molecular formula is C18H27NOS. The summed E-state index contributed by atoms with van der Waals surface area (Å²) in [5.41, 5.74) is 0. The van der Waals surface area contributed by atoms with Gasteiger partial charge in [-0.2, -0.15) is 0 Å². The summed E-state index contributed by atoms with van der Waals surface area (Å²) in [6, 6.07) is 7.66. The number of phenolic OH excluding ortho intramolecular Hbond substituents is 1. The van der Waals surface area contributed by atoms with Gasteiger partial charge in [-0.3, -0.25) is 0 Å². The second-order valence-electron chi connectivity index (χ2n) is 6.62. The molecule has 1 aliphatic heterocycles. The molecule has 1 heterocycles. The Balaban J connectivity index is 1.41. The van der Waals surface area contributed by atoms with E-state index in [1.165, 1.54) is 69.5 Å². The predicted molar refractivity (Wildman–Crippen MR) is 90.0 cm³/mol. The summed E-state index contributed by atoms with van der Waals surface area (Å²) in [6.07, 6.45) is 9.90. The Kier molecular flexibility index (Phi) is 5.48. The summed E-state index contributed by atoms with van der Waals surface area (Å²) in [4.78, 5) is 3.99. The molecular weight excluding hydrogens is 278 g/mol. The zero-order valence-corrected chi connectivity index (χ0v) is 13.7. The number of hydrogen-bond acceptors (Lipinski definition) is 3. The van der Waals surface area contributed by atoms with E-state index in [4.69, 9.17) is 0 Å². The number of aromatic hydroxyl groups is 1. The van der Waals surface area contributed by atoms with Crippen molar-refractivity contribution in [2.45, 2.75) is 55.1 Å². The molecule has 2 nitrogen and oxygen atoms in total. The smallest absolute Gasteiger partial charge is 0.115 e. The first-order valence-electron chi connectivity index (χ1n) is 8.47. The van der Waals surface area contributed by atoms with Crippen molar-refractivity contribution in [2.75, 3.05) is 19.6 Å². The molecule has 0 amide bonds. The minimum atomic E-state index is 0.363. The standard InChI is InChI=1S/C18H27NOS/c20-16-6-8-17(9-7-16)21-18-10-12-19(13-11-18)14-15-4-2-1-3-5-15/h6-9,15,18,20H,1-5,10-14H2. The van der Waals surface area contributed by atoms with Gasteiger partial charge in [-0.15, -0.1) is 11.8 Å². The van der Waals surface area contributed by atoms with Gasteiger partial charge in [0.2, 0.25) is 0 Å². The van der Waals surface area contributed by atoms with Crippen LogP contribution in [0, 0.1) is 5.92 Å². The lowest BCUT2D eigenvalue weighted by Crippen LogP contribution is -2.38. The zero-order chi connectivity index (χ0) is 14.5. The highest BCUT2D eigenvalue weighted by Crippen LogP contribution is 2.32. The number of nitrogens with zero attached hydrogens (tertiary/aromatic N) is 1. The van der Waals surface area contributed by atoms with Crippen molar-refractivity contribution in [1.82, 2.24) is 4.90 Å². The molecule has 1 saturated heterocycles. The van der Waals surface area contributed by atoms with E-state index in [0.717, 1.165) is 11.2 Å². The molecule has 2 aliphatic rings. The molecule has 1 aliphatic carbocycles. The first-order valence-corrected chi connectivity index (χ1v) is 9.35. The number of likely N-dealkylation sites (tertiary alicyclic amines) is 1. The highest BCUT2D eigenvalue weighted by Gasteiger charge is 2.23. The van der Waals surface area contributed by atoms with Gasteiger partial charge in [0.1, 0.15) is 5.75 Å². The van der Waals surface area contributed by atoms with E-state index in [9.17, 15) is 5.11 Å². The predicted octanol–water partition coefficient (Wildman–Crippen LogP) is 4.53. The maximum atomic E-state index is 9.34. The number of hydrogen-bond donors (Lipinski definition) is 1. The third-order valence-electron chi connectivity index (χ3n) is 4.92. The normalized spacial score (nSPS) is 22.5. The molecule has 3 heteroatoms. The van der Waals surface area contributed by atoms with Crippen LogP contribution in [0.1, 0.15) is 44.9 Å². The van der Waals surface area contributed by atoms with Gasteiger partial charge < -0.3 is 10.0 Å². The summed E-state index contributed by atoms with van der Waals surface area (Å²) in [5, 5.41) is 10.1. The van der Waals surface area contributed by atoms with Gasteiger partial charge in [-0.1, -0.05) is 19.3 Å². The van der Waals surface area contributed by atoms with Gasteiger partial charge in [0.05, 0.1) is 0 Å². The van der Waals surface area contributed by atoms with Crippen LogP contribution in [0.25, 0.3) is 0 Å². The van der Waals surface area contributed by atoms with Crippen molar-refractivity contribution in [2.24, 2.45) is 5.92 Å². The zero-order valence-electron chi connectivity index (χ0n) is 12.8. The van der Waals surface area contributed by atoms with Crippen molar-refractivity contribution < 1.29 is 5.11 Å². The number of phenols is 1. The molecule has 0 unspecified atom stereocenters. The molecule has 0 radical (unpaired) electrons. The molecule has 2 fully saturated rings. The molecule has 116 valence electrons. The summed E-state index contributed by atoms with van der Waals surface area (Å²) in [5.74, 6) is 1.33. The average Bonchev–Trinajstić information content (AvgIpc) is 2.53. The SMILES string of the molecule is Oc1ccc(SC2CCN(CC3CCCCC3)CC2)cc1. The summed E-state index contributed by atoms with van der Waals surface area (Å²) in [6.45, 7) is 3.88. The quantitative estimate of drug-likeness (QED) is 0.884. The van der Waals surface area contributed by atoms with Gasteiger partial charge in [-0.25, -0.2) is 0 Å². The average molecular weight is 305 g/mol. The highest BCUT2D eigenvalue weighted by molar-refractivity contribution is 8.00. The molecule has 0 aromatic heterocycles. The molecule has 1 N–H and O–H groups in total. The fraction of sp³-hybridized carbons (Fsp3) is 0.667. The summed E-state index contributed by atoms with van der Waals surface area (Å²) in [7, 11) is 0. The van der Waals surface area contributed by atoms with Crippen molar-refractivity contribution >= 4 is 11.8 Å². The molecule has 0 bridgehead atoms. The lowest BCUT2D eigenvalue weighted by Gasteiger charge is -2.35. The van der Waals surface area contributed by atoms with E-state index in [1.54, 1.807) is 12.1 Å². The third kappa shape index (κ3) is 4.65. The minimum Gasteiger partial charge on any atom is -0.508 e. The number of benzene rings is 1. The van der Waals surface area contributed by atoms with E-state index in [2.05, 4.69) is 4.90 Å². The highest BCUT2D eigenvalue weighted by atomic mass is 32.2. The van der Waals surface area contributed by atoms with Crippen LogP contribution < -0.4 is 0 Å². The van der Waals surface area contributed by atoms with Gasteiger partial charge in [0.15, 0.2) is 0 Å². The van der Waals surface area contributed by atoms with Crippen LogP contribution in [-0.2, 0) is 0 Å². The largest absolute Gasteiger partial charge is 0.508 e. The molecule has 0 atom stereocenters. The monoisotopic (exact) mass is 305 g/mol. The fourth-order valence-electron chi connectivity index (χ4n) is 3.66. The topological polar surface area (TPSA) is 23.5 Å². The van der Waals surface area contributed by atoms with Crippen LogP contribution in [-0.4, -0.2) is 34.9 Å². The number of thioether (sulfide) groups is 1. The second kappa shape index (κ2) is 7.55. The Morgan fingerprint density at radius 3 is 2.29 bits per heavy atom. The lowest BCUT2D eigenvalue weighted by atomic mass is 9.88. The van der Waals surface area contributed by atoms with E-state index >= 15 is 0 Å². The molecule has 0 spiro atoms. The Hall–Kier alpha value is -0.670. The number of piperidine rings is 1. The Morgan fingerprint density at radius 2 is 1.62 bits per heavy atom. The van der Waals surface area contributed by atoms with E-state index in [1.807, 2.05) is 23.9 Å². The van der Waals surface area contributed by atoms with E-state index < -0.39 is 0 Å². The molecule has 21 heavy (non-hydrogen) atoms. The molecule has 1 aromatic rings. The number of rotatable bonds is 4. The first-order chi connectivity index (χ1) is 10.3.